The number of hydrogen-bond donors (Lipinski definition) is 1. The number of fused-ring (bicyclic) bond motifs is 2. The standard InChI is InChI=1S/C28H33BrN4O3/c1-2-26(34)33-15-21(16-33)32-9-4-18(5-10-32)20-13-24(29)27-25(14-20)31-28-23(17-36-27)22(3-8-30-28)19-6-11-35-12-7-19/h2-3,8,13-14,18-19,21H,1,4-7,9-12,15-17H2,(H,30,31). The number of hydrogen-bond acceptors (Lipinski definition) is 6. The molecule has 1 aromatic carbocycles. The van der Waals surface area contributed by atoms with Crippen LogP contribution in [0, 0.1) is 0 Å². The lowest BCUT2D eigenvalue weighted by Gasteiger charge is -2.47. The number of pyridine rings is 1. The van der Waals surface area contributed by atoms with Crippen molar-refractivity contribution in [2.75, 3.05) is 44.7 Å². The fourth-order valence-corrected chi connectivity index (χ4v) is 6.70. The topological polar surface area (TPSA) is 66.9 Å². The van der Waals surface area contributed by atoms with E-state index in [0.717, 1.165) is 92.4 Å². The second-order valence-electron chi connectivity index (χ2n) is 10.3. The van der Waals surface area contributed by atoms with E-state index in [1.165, 1.54) is 17.2 Å². The van der Waals surface area contributed by atoms with E-state index in [2.05, 4.69) is 50.9 Å². The van der Waals surface area contributed by atoms with Crippen LogP contribution in [-0.4, -0.2) is 66.1 Å². The van der Waals surface area contributed by atoms with Gasteiger partial charge in [0.2, 0.25) is 5.91 Å². The number of amides is 1. The zero-order chi connectivity index (χ0) is 24.6. The normalized spacial score (nSPS) is 21.4. The van der Waals surface area contributed by atoms with Crippen molar-refractivity contribution in [3.05, 3.63) is 58.2 Å². The summed E-state index contributed by atoms with van der Waals surface area (Å²) in [5.74, 6) is 2.79. The van der Waals surface area contributed by atoms with Crippen LogP contribution in [0.1, 0.15) is 54.2 Å². The average molecular weight is 554 g/mol. The largest absolute Gasteiger partial charge is 0.485 e. The van der Waals surface area contributed by atoms with Crippen molar-refractivity contribution in [3.8, 4) is 5.75 Å². The van der Waals surface area contributed by atoms with E-state index >= 15 is 0 Å². The zero-order valence-corrected chi connectivity index (χ0v) is 22.1. The first kappa shape index (κ1) is 23.9. The Labute approximate surface area is 221 Å². The number of carbonyl (C=O) groups is 1. The van der Waals surface area contributed by atoms with Gasteiger partial charge in [0.15, 0.2) is 5.75 Å². The van der Waals surface area contributed by atoms with Crippen molar-refractivity contribution in [3.63, 3.8) is 0 Å². The number of carbonyl (C=O) groups excluding carboxylic acids is 1. The number of ether oxygens (including phenoxy) is 2. The molecule has 1 amide bonds. The van der Waals surface area contributed by atoms with Gasteiger partial charge >= 0.3 is 0 Å². The van der Waals surface area contributed by atoms with Gasteiger partial charge in [-0.25, -0.2) is 4.98 Å². The Balaban J connectivity index is 1.16. The van der Waals surface area contributed by atoms with E-state index in [-0.39, 0.29) is 5.91 Å². The van der Waals surface area contributed by atoms with Crippen molar-refractivity contribution in [2.45, 2.75) is 50.2 Å². The molecule has 1 aromatic heterocycles. The van der Waals surface area contributed by atoms with Gasteiger partial charge in [0.1, 0.15) is 12.4 Å². The van der Waals surface area contributed by atoms with Gasteiger partial charge in [-0.3, -0.25) is 9.69 Å². The molecule has 0 spiro atoms. The third kappa shape index (κ3) is 4.55. The highest BCUT2D eigenvalue weighted by atomic mass is 79.9. The number of aromatic nitrogens is 1. The quantitative estimate of drug-likeness (QED) is 0.541. The van der Waals surface area contributed by atoms with E-state index in [0.29, 0.717) is 24.5 Å². The Kier molecular flexibility index (Phi) is 6.75. The number of halogens is 1. The van der Waals surface area contributed by atoms with Gasteiger partial charge in [0.05, 0.1) is 10.2 Å². The molecular formula is C28H33BrN4O3. The minimum atomic E-state index is 0.0432. The Hall–Kier alpha value is -2.42. The Bertz CT molecular complexity index is 1150. The summed E-state index contributed by atoms with van der Waals surface area (Å²) in [7, 11) is 0. The summed E-state index contributed by atoms with van der Waals surface area (Å²) in [5.41, 5.74) is 4.80. The summed E-state index contributed by atoms with van der Waals surface area (Å²) in [5, 5.41) is 3.62. The predicted molar refractivity (Wildman–Crippen MR) is 143 cm³/mol. The van der Waals surface area contributed by atoms with Crippen molar-refractivity contribution < 1.29 is 14.3 Å². The molecule has 6 rings (SSSR count). The Morgan fingerprint density at radius 1 is 1.14 bits per heavy atom. The van der Waals surface area contributed by atoms with E-state index in [1.807, 2.05) is 11.1 Å². The van der Waals surface area contributed by atoms with E-state index in [4.69, 9.17) is 14.5 Å². The van der Waals surface area contributed by atoms with Crippen molar-refractivity contribution >= 4 is 33.3 Å². The summed E-state index contributed by atoms with van der Waals surface area (Å²) in [4.78, 5) is 20.9. The summed E-state index contributed by atoms with van der Waals surface area (Å²) >= 11 is 3.80. The van der Waals surface area contributed by atoms with E-state index < -0.39 is 0 Å². The van der Waals surface area contributed by atoms with Crippen LogP contribution in [0.3, 0.4) is 0 Å². The molecule has 8 heteroatoms. The molecule has 1 N–H and O–H groups in total. The highest BCUT2D eigenvalue weighted by Crippen LogP contribution is 2.44. The van der Waals surface area contributed by atoms with Gasteiger partial charge in [0.25, 0.3) is 0 Å². The molecule has 3 saturated heterocycles. The molecule has 5 heterocycles. The molecule has 0 atom stereocenters. The maximum atomic E-state index is 11.8. The van der Waals surface area contributed by atoms with Crippen LogP contribution in [-0.2, 0) is 16.1 Å². The van der Waals surface area contributed by atoms with Crippen LogP contribution in [0.4, 0.5) is 11.5 Å². The van der Waals surface area contributed by atoms with E-state index in [1.54, 1.807) is 0 Å². The fraction of sp³-hybridized carbons (Fsp3) is 0.500. The van der Waals surface area contributed by atoms with E-state index in [9.17, 15) is 4.79 Å². The molecule has 36 heavy (non-hydrogen) atoms. The second kappa shape index (κ2) is 10.1. The Morgan fingerprint density at radius 2 is 1.92 bits per heavy atom. The summed E-state index contributed by atoms with van der Waals surface area (Å²) in [6.07, 6.45) is 7.64. The van der Waals surface area contributed by atoms with Gasteiger partial charge in [-0.2, -0.15) is 0 Å². The SMILES string of the molecule is C=CC(=O)N1CC(N2CCC(c3cc(Br)c4c(c3)Nc3nccc(C5CCOCC5)c3CO4)CC2)C1. The number of rotatable bonds is 4. The van der Waals surface area contributed by atoms with Gasteiger partial charge in [0, 0.05) is 44.1 Å². The first-order valence-electron chi connectivity index (χ1n) is 13.0. The lowest BCUT2D eigenvalue weighted by molar-refractivity contribution is -0.133. The zero-order valence-electron chi connectivity index (χ0n) is 20.5. The number of piperidine rings is 1. The first-order chi connectivity index (χ1) is 17.6. The first-order valence-corrected chi connectivity index (χ1v) is 13.8. The maximum Gasteiger partial charge on any atom is 0.246 e. The minimum Gasteiger partial charge on any atom is -0.485 e. The summed E-state index contributed by atoms with van der Waals surface area (Å²) in [6.45, 7) is 9.50. The van der Waals surface area contributed by atoms with Crippen LogP contribution in [0.15, 0.2) is 41.5 Å². The third-order valence-corrected chi connectivity index (χ3v) is 8.89. The number of benzene rings is 1. The van der Waals surface area contributed by atoms with Crippen molar-refractivity contribution in [1.29, 1.82) is 0 Å². The van der Waals surface area contributed by atoms with Crippen LogP contribution < -0.4 is 10.1 Å². The molecule has 7 nitrogen and oxygen atoms in total. The molecule has 0 radical (unpaired) electrons. The molecule has 0 bridgehead atoms. The summed E-state index contributed by atoms with van der Waals surface area (Å²) in [6, 6.07) is 7.12. The third-order valence-electron chi connectivity index (χ3n) is 8.30. The highest BCUT2D eigenvalue weighted by molar-refractivity contribution is 9.10. The number of likely N-dealkylation sites (tertiary alicyclic amines) is 2. The lowest BCUT2D eigenvalue weighted by Crippen LogP contribution is -2.61. The Morgan fingerprint density at radius 3 is 2.67 bits per heavy atom. The predicted octanol–water partition coefficient (Wildman–Crippen LogP) is 4.95. The van der Waals surface area contributed by atoms with Gasteiger partial charge in [-0.05, 0) is 102 Å². The molecule has 3 fully saturated rings. The van der Waals surface area contributed by atoms with Crippen LogP contribution in [0.5, 0.6) is 5.75 Å². The molecule has 0 saturated carbocycles. The molecule has 4 aliphatic heterocycles. The van der Waals surface area contributed by atoms with Gasteiger partial charge < -0.3 is 19.7 Å². The average Bonchev–Trinajstić information content (AvgIpc) is 3.08. The van der Waals surface area contributed by atoms with Crippen LogP contribution in [0.25, 0.3) is 0 Å². The highest BCUT2D eigenvalue weighted by Gasteiger charge is 2.36. The molecular weight excluding hydrogens is 520 g/mol. The molecule has 4 aliphatic rings. The smallest absolute Gasteiger partial charge is 0.246 e. The van der Waals surface area contributed by atoms with Crippen LogP contribution in [0.2, 0.25) is 0 Å². The molecule has 190 valence electrons. The van der Waals surface area contributed by atoms with Gasteiger partial charge in [-0.1, -0.05) is 6.58 Å². The molecule has 0 aliphatic carbocycles. The molecule has 0 unspecified atom stereocenters. The fourth-order valence-electron chi connectivity index (χ4n) is 6.11. The number of nitrogens with one attached hydrogen (secondary N) is 1. The molecule has 2 aromatic rings. The monoisotopic (exact) mass is 552 g/mol. The van der Waals surface area contributed by atoms with Crippen molar-refractivity contribution in [1.82, 2.24) is 14.8 Å². The maximum absolute atomic E-state index is 11.8. The second-order valence-corrected chi connectivity index (χ2v) is 11.2. The minimum absolute atomic E-state index is 0.0432. The number of nitrogens with zero attached hydrogens (tertiary/aromatic N) is 3. The van der Waals surface area contributed by atoms with Crippen LogP contribution >= 0.6 is 15.9 Å². The summed E-state index contributed by atoms with van der Waals surface area (Å²) < 4.78 is 12.9. The van der Waals surface area contributed by atoms with Gasteiger partial charge in [-0.15, -0.1) is 0 Å². The van der Waals surface area contributed by atoms with Crippen molar-refractivity contribution in [2.24, 2.45) is 0 Å². The lowest BCUT2D eigenvalue weighted by atomic mass is 9.88. The number of anilines is 2.